The molecule has 4 heteroatoms. The van der Waals surface area contributed by atoms with Gasteiger partial charge < -0.3 is 10.1 Å². The molecule has 1 N–H and O–H groups in total. The van der Waals surface area contributed by atoms with Gasteiger partial charge in [-0.1, -0.05) is 0 Å². The number of fused-ring (bicyclic) bond motifs is 1. The summed E-state index contributed by atoms with van der Waals surface area (Å²) in [5.41, 5.74) is 0.660. The highest BCUT2D eigenvalue weighted by atomic mass is 32.1. The van der Waals surface area contributed by atoms with E-state index in [9.17, 15) is 4.79 Å². The Balaban J connectivity index is 2.41. The van der Waals surface area contributed by atoms with Crippen molar-refractivity contribution >= 4 is 17.2 Å². The predicted octanol–water partition coefficient (Wildman–Crippen LogP) is 0.870. The lowest BCUT2D eigenvalue weighted by Crippen LogP contribution is -2.24. The second kappa shape index (κ2) is 2.54. The standard InChI is InChI=1S/C7H7NO2S/c9-6-5-1-4-11-7(5)10-3-2-8-6/h1,4H,2-3H2,(H,8,9). The quantitative estimate of drug-likeness (QED) is 0.625. The second-order valence-corrected chi connectivity index (χ2v) is 3.10. The van der Waals surface area contributed by atoms with Crippen molar-refractivity contribution in [3.05, 3.63) is 17.0 Å². The monoisotopic (exact) mass is 169 g/mol. The predicted molar refractivity (Wildman–Crippen MR) is 42.1 cm³/mol. The van der Waals surface area contributed by atoms with Gasteiger partial charge in [-0.2, -0.15) is 0 Å². The van der Waals surface area contributed by atoms with Crippen LogP contribution >= 0.6 is 11.3 Å². The molecule has 0 saturated carbocycles. The van der Waals surface area contributed by atoms with Crippen LogP contribution in [0.3, 0.4) is 0 Å². The molecule has 11 heavy (non-hydrogen) atoms. The topological polar surface area (TPSA) is 38.3 Å². The minimum atomic E-state index is -0.0289. The Kier molecular flexibility index (Phi) is 1.54. The highest BCUT2D eigenvalue weighted by molar-refractivity contribution is 7.12. The maximum absolute atomic E-state index is 11.2. The third-order valence-electron chi connectivity index (χ3n) is 1.50. The molecule has 0 saturated heterocycles. The van der Waals surface area contributed by atoms with Gasteiger partial charge in [0.05, 0.1) is 12.1 Å². The Hall–Kier alpha value is -1.03. The van der Waals surface area contributed by atoms with E-state index < -0.39 is 0 Å². The molecule has 58 valence electrons. The zero-order valence-corrected chi connectivity index (χ0v) is 6.61. The number of ether oxygens (including phenoxy) is 1. The summed E-state index contributed by atoms with van der Waals surface area (Å²) in [6.45, 7) is 1.17. The maximum Gasteiger partial charge on any atom is 0.256 e. The van der Waals surface area contributed by atoms with Crippen molar-refractivity contribution < 1.29 is 9.53 Å². The van der Waals surface area contributed by atoms with Crippen LogP contribution < -0.4 is 10.1 Å². The number of hydrogen-bond acceptors (Lipinski definition) is 3. The molecule has 1 aliphatic rings. The highest BCUT2D eigenvalue weighted by Gasteiger charge is 2.16. The van der Waals surface area contributed by atoms with Crippen LogP contribution in [0.1, 0.15) is 10.4 Å². The van der Waals surface area contributed by atoms with Gasteiger partial charge in [0.15, 0.2) is 5.06 Å². The minimum Gasteiger partial charge on any atom is -0.481 e. The first-order valence-electron chi connectivity index (χ1n) is 3.36. The first-order chi connectivity index (χ1) is 5.38. The Bertz CT molecular complexity index is 282. The van der Waals surface area contributed by atoms with Gasteiger partial charge in [0.1, 0.15) is 6.61 Å². The van der Waals surface area contributed by atoms with Gasteiger partial charge in [0, 0.05) is 0 Å². The zero-order valence-electron chi connectivity index (χ0n) is 5.79. The third kappa shape index (κ3) is 1.09. The van der Waals surface area contributed by atoms with E-state index in [0.717, 1.165) is 5.06 Å². The van der Waals surface area contributed by atoms with Crippen molar-refractivity contribution in [2.24, 2.45) is 0 Å². The molecule has 0 radical (unpaired) electrons. The van der Waals surface area contributed by atoms with E-state index >= 15 is 0 Å². The molecule has 1 aliphatic heterocycles. The van der Waals surface area contributed by atoms with E-state index in [2.05, 4.69) is 5.32 Å². The van der Waals surface area contributed by atoms with E-state index in [1.165, 1.54) is 11.3 Å². The van der Waals surface area contributed by atoms with Crippen molar-refractivity contribution in [1.82, 2.24) is 5.32 Å². The molecule has 1 aromatic heterocycles. The van der Waals surface area contributed by atoms with E-state index in [-0.39, 0.29) is 5.91 Å². The number of hydrogen-bond donors (Lipinski definition) is 1. The fourth-order valence-electron chi connectivity index (χ4n) is 0.979. The summed E-state index contributed by atoms with van der Waals surface area (Å²) in [6.07, 6.45) is 0. The summed E-state index contributed by atoms with van der Waals surface area (Å²) in [5.74, 6) is -0.0289. The molecule has 0 aliphatic carbocycles. The average molecular weight is 169 g/mol. The Morgan fingerprint density at radius 2 is 2.55 bits per heavy atom. The number of rotatable bonds is 0. The van der Waals surface area contributed by atoms with Gasteiger partial charge in [-0.05, 0) is 11.4 Å². The van der Waals surface area contributed by atoms with Crippen LogP contribution in [0.2, 0.25) is 0 Å². The van der Waals surface area contributed by atoms with Crippen LogP contribution in [0, 0.1) is 0 Å². The summed E-state index contributed by atoms with van der Waals surface area (Å²) in [5, 5.41) is 5.32. The van der Waals surface area contributed by atoms with Crippen molar-refractivity contribution in [1.29, 1.82) is 0 Å². The van der Waals surface area contributed by atoms with Crippen LogP contribution in [0.25, 0.3) is 0 Å². The molecular formula is C7H7NO2S. The minimum absolute atomic E-state index is 0.0289. The van der Waals surface area contributed by atoms with Crippen molar-refractivity contribution in [2.45, 2.75) is 0 Å². The largest absolute Gasteiger partial charge is 0.481 e. The summed E-state index contributed by atoms with van der Waals surface area (Å²) >= 11 is 1.46. The molecule has 0 aromatic carbocycles. The molecule has 0 bridgehead atoms. The molecule has 1 amide bonds. The third-order valence-corrected chi connectivity index (χ3v) is 2.32. The molecule has 0 spiro atoms. The van der Waals surface area contributed by atoms with Crippen LogP contribution in [-0.4, -0.2) is 19.1 Å². The van der Waals surface area contributed by atoms with E-state index in [4.69, 9.17) is 4.74 Å². The van der Waals surface area contributed by atoms with Gasteiger partial charge in [-0.3, -0.25) is 4.79 Å². The molecule has 2 rings (SSSR count). The van der Waals surface area contributed by atoms with Crippen molar-refractivity contribution in [3.8, 4) is 5.06 Å². The zero-order chi connectivity index (χ0) is 7.68. The molecule has 3 nitrogen and oxygen atoms in total. The first kappa shape index (κ1) is 6.67. The van der Waals surface area contributed by atoms with Gasteiger partial charge in [-0.25, -0.2) is 0 Å². The van der Waals surface area contributed by atoms with Crippen molar-refractivity contribution in [3.63, 3.8) is 0 Å². The number of carbonyl (C=O) groups is 1. The van der Waals surface area contributed by atoms with E-state index in [0.29, 0.717) is 18.7 Å². The summed E-state index contributed by atoms with van der Waals surface area (Å²) in [6, 6.07) is 1.78. The lowest BCUT2D eigenvalue weighted by molar-refractivity contribution is 0.0957. The van der Waals surface area contributed by atoms with Crippen LogP contribution in [0.5, 0.6) is 5.06 Å². The van der Waals surface area contributed by atoms with Crippen LogP contribution in [0.15, 0.2) is 11.4 Å². The second-order valence-electron chi connectivity index (χ2n) is 2.23. The first-order valence-corrected chi connectivity index (χ1v) is 4.24. The fraction of sp³-hybridized carbons (Fsp3) is 0.286. The molecule has 0 unspecified atom stereocenters. The summed E-state index contributed by atoms with van der Waals surface area (Å²) in [7, 11) is 0. The highest BCUT2D eigenvalue weighted by Crippen LogP contribution is 2.26. The number of nitrogens with one attached hydrogen (secondary N) is 1. The average Bonchev–Trinajstić information content (AvgIpc) is 2.40. The van der Waals surface area contributed by atoms with Crippen LogP contribution in [-0.2, 0) is 0 Å². The molecule has 0 atom stereocenters. The lowest BCUT2D eigenvalue weighted by Gasteiger charge is -1.96. The summed E-state index contributed by atoms with van der Waals surface area (Å²) in [4.78, 5) is 11.2. The molecule has 0 fully saturated rings. The summed E-state index contributed by atoms with van der Waals surface area (Å²) < 4.78 is 5.29. The molecule has 1 aromatic rings. The van der Waals surface area contributed by atoms with Crippen molar-refractivity contribution in [2.75, 3.05) is 13.2 Å². The van der Waals surface area contributed by atoms with Gasteiger partial charge >= 0.3 is 0 Å². The van der Waals surface area contributed by atoms with Gasteiger partial charge in [-0.15, -0.1) is 11.3 Å². The Morgan fingerprint density at radius 1 is 1.64 bits per heavy atom. The SMILES string of the molecule is O=C1NCCOc2sccc21. The number of amides is 1. The molecule has 2 heterocycles. The maximum atomic E-state index is 11.2. The number of carbonyl (C=O) groups excluding carboxylic acids is 1. The normalized spacial score (nSPS) is 16.2. The van der Waals surface area contributed by atoms with E-state index in [1.54, 1.807) is 6.07 Å². The van der Waals surface area contributed by atoms with Crippen LogP contribution in [0.4, 0.5) is 0 Å². The fourth-order valence-corrected chi connectivity index (χ4v) is 1.75. The lowest BCUT2D eigenvalue weighted by atomic mass is 10.3. The smallest absolute Gasteiger partial charge is 0.256 e. The Labute approximate surface area is 68.0 Å². The molecular weight excluding hydrogens is 162 g/mol. The van der Waals surface area contributed by atoms with Gasteiger partial charge in [0.25, 0.3) is 5.91 Å². The van der Waals surface area contributed by atoms with Gasteiger partial charge in [0.2, 0.25) is 0 Å². The Morgan fingerprint density at radius 3 is 3.45 bits per heavy atom. The number of thiophene rings is 1. The van der Waals surface area contributed by atoms with E-state index in [1.807, 2.05) is 5.38 Å².